The maximum absolute atomic E-state index is 11.9. The predicted molar refractivity (Wildman–Crippen MR) is 63.2 cm³/mol. The molecule has 0 heterocycles. The average molecular weight is 327 g/mol. The van der Waals surface area contributed by atoms with E-state index in [9.17, 15) is 23.3 Å². The van der Waals surface area contributed by atoms with Crippen molar-refractivity contribution in [3.63, 3.8) is 0 Å². The monoisotopic (exact) mass is 326 g/mol. The SMILES string of the molecule is O=[N+]([O-])c1cc(Br)cc(CNCCC(F)(F)F)c1. The first-order chi connectivity index (χ1) is 8.28. The molecule has 0 bridgehead atoms. The van der Waals surface area contributed by atoms with Crippen molar-refractivity contribution in [3.05, 3.63) is 38.3 Å². The summed E-state index contributed by atoms with van der Waals surface area (Å²) in [7, 11) is 0. The maximum atomic E-state index is 11.9. The molecule has 0 spiro atoms. The van der Waals surface area contributed by atoms with Gasteiger partial charge < -0.3 is 5.32 Å². The largest absolute Gasteiger partial charge is 0.390 e. The second-order valence-corrected chi connectivity index (χ2v) is 4.53. The highest BCUT2D eigenvalue weighted by Gasteiger charge is 2.25. The van der Waals surface area contributed by atoms with Crippen molar-refractivity contribution < 1.29 is 18.1 Å². The molecule has 0 saturated heterocycles. The second-order valence-electron chi connectivity index (χ2n) is 3.62. The molecule has 0 unspecified atom stereocenters. The van der Waals surface area contributed by atoms with Crippen LogP contribution < -0.4 is 5.32 Å². The van der Waals surface area contributed by atoms with Gasteiger partial charge in [-0.1, -0.05) is 15.9 Å². The summed E-state index contributed by atoms with van der Waals surface area (Å²) in [5, 5.41) is 13.2. The first kappa shape index (κ1) is 14.9. The molecule has 4 nitrogen and oxygen atoms in total. The maximum Gasteiger partial charge on any atom is 0.390 e. The molecule has 0 radical (unpaired) electrons. The number of halogens is 4. The quantitative estimate of drug-likeness (QED) is 0.512. The molecule has 100 valence electrons. The number of nitro benzene ring substituents is 1. The van der Waals surface area contributed by atoms with Crippen LogP contribution in [0.3, 0.4) is 0 Å². The number of hydrogen-bond donors (Lipinski definition) is 1. The van der Waals surface area contributed by atoms with E-state index in [4.69, 9.17) is 0 Å². The van der Waals surface area contributed by atoms with Gasteiger partial charge in [0.2, 0.25) is 0 Å². The van der Waals surface area contributed by atoms with E-state index in [0.29, 0.717) is 10.0 Å². The Bertz CT molecular complexity index is 438. The summed E-state index contributed by atoms with van der Waals surface area (Å²) in [5.74, 6) is 0. The van der Waals surface area contributed by atoms with Gasteiger partial charge >= 0.3 is 6.18 Å². The number of non-ortho nitro benzene ring substituents is 1. The zero-order valence-corrected chi connectivity index (χ0v) is 10.7. The van der Waals surface area contributed by atoms with E-state index in [2.05, 4.69) is 21.2 Å². The summed E-state index contributed by atoms with van der Waals surface area (Å²) in [5.41, 5.74) is 0.454. The van der Waals surface area contributed by atoms with Crippen molar-refractivity contribution >= 4 is 21.6 Å². The Kier molecular flexibility index (Phi) is 5.09. The Balaban J connectivity index is 2.55. The molecule has 0 aromatic heterocycles. The first-order valence-electron chi connectivity index (χ1n) is 4.99. The third-order valence-electron chi connectivity index (χ3n) is 2.07. The van der Waals surface area contributed by atoms with Crippen LogP contribution in [0, 0.1) is 10.1 Å². The second kappa shape index (κ2) is 6.14. The van der Waals surface area contributed by atoms with E-state index in [1.54, 1.807) is 6.07 Å². The number of benzene rings is 1. The van der Waals surface area contributed by atoms with Crippen molar-refractivity contribution in [3.8, 4) is 0 Å². The fourth-order valence-corrected chi connectivity index (χ4v) is 1.83. The summed E-state index contributed by atoms with van der Waals surface area (Å²) in [6.07, 6.45) is -5.13. The first-order valence-corrected chi connectivity index (χ1v) is 5.78. The summed E-state index contributed by atoms with van der Waals surface area (Å²) in [4.78, 5) is 10.0. The van der Waals surface area contributed by atoms with Crippen molar-refractivity contribution in [1.82, 2.24) is 5.32 Å². The minimum atomic E-state index is -4.20. The highest BCUT2D eigenvalue weighted by molar-refractivity contribution is 9.10. The number of alkyl halides is 3. The molecule has 1 aromatic carbocycles. The highest BCUT2D eigenvalue weighted by Crippen LogP contribution is 2.21. The standard InChI is InChI=1S/C10H10BrF3N2O2/c11-8-3-7(4-9(5-8)16(17)18)6-15-2-1-10(12,13)14/h3-5,15H,1-2,6H2. The lowest BCUT2D eigenvalue weighted by Crippen LogP contribution is -2.21. The third-order valence-corrected chi connectivity index (χ3v) is 2.53. The normalized spacial score (nSPS) is 11.6. The van der Waals surface area contributed by atoms with Crippen molar-refractivity contribution in [1.29, 1.82) is 0 Å². The van der Waals surface area contributed by atoms with Gasteiger partial charge in [0, 0.05) is 29.7 Å². The molecule has 1 rings (SSSR count). The zero-order chi connectivity index (χ0) is 13.8. The number of hydrogen-bond acceptors (Lipinski definition) is 3. The molecule has 0 aliphatic carbocycles. The molecule has 0 amide bonds. The molecular weight excluding hydrogens is 317 g/mol. The zero-order valence-electron chi connectivity index (χ0n) is 9.13. The topological polar surface area (TPSA) is 55.2 Å². The summed E-state index contributed by atoms with van der Waals surface area (Å²) >= 11 is 3.11. The molecule has 1 N–H and O–H groups in total. The van der Waals surface area contributed by atoms with E-state index in [0.717, 1.165) is 0 Å². The lowest BCUT2D eigenvalue weighted by atomic mass is 10.2. The predicted octanol–water partition coefficient (Wildman–Crippen LogP) is 3.40. The van der Waals surface area contributed by atoms with Gasteiger partial charge in [-0.25, -0.2) is 0 Å². The lowest BCUT2D eigenvalue weighted by molar-refractivity contribution is -0.385. The van der Waals surface area contributed by atoms with Crippen LogP contribution in [-0.2, 0) is 6.54 Å². The Morgan fingerprint density at radius 3 is 2.56 bits per heavy atom. The molecule has 0 saturated carbocycles. The van der Waals surface area contributed by atoms with E-state index < -0.39 is 17.5 Å². The van der Waals surface area contributed by atoms with Gasteiger partial charge in [0.15, 0.2) is 0 Å². The molecule has 0 aliphatic rings. The van der Waals surface area contributed by atoms with E-state index in [-0.39, 0.29) is 18.8 Å². The lowest BCUT2D eigenvalue weighted by Gasteiger charge is -2.08. The molecular formula is C10H10BrF3N2O2. The van der Waals surface area contributed by atoms with Crippen LogP contribution >= 0.6 is 15.9 Å². The van der Waals surface area contributed by atoms with E-state index >= 15 is 0 Å². The van der Waals surface area contributed by atoms with Gasteiger partial charge in [-0.2, -0.15) is 13.2 Å². The van der Waals surface area contributed by atoms with Crippen LogP contribution in [0.25, 0.3) is 0 Å². The fourth-order valence-electron chi connectivity index (χ4n) is 1.30. The van der Waals surface area contributed by atoms with Crippen LogP contribution in [0.4, 0.5) is 18.9 Å². The Labute approximate surface area is 109 Å². The van der Waals surface area contributed by atoms with E-state index in [1.165, 1.54) is 12.1 Å². The number of nitrogens with one attached hydrogen (secondary N) is 1. The minimum absolute atomic E-state index is 0.100. The average Bonchev–Trinajstić information content (AvgIpc) is 2.22. The van der Waals surface area contributed by atoms with Crippen LogP contribution in [0.1, 0.15) is 12.0 Å². The van der Waals surface area contributed by atoms with Crippen molar-refractivity contribution in [2.45, 2.75) is 19.1 Å². The Hall–Kier alpha value is -1.15. The Morgan fingerprint density at radius 2 is 2.00 bits per heavy atom. The van der Waals surface area contributed by atoms with Gasteiger partial charge in [0.25, 0.3) is 5.69 Å². The summed E-state index contributed by atoms with van der Waals surface area (Å²) in [6.45, 7) is -0.0693. The molecule has 0 aliphatic heterocycles. The van der Waals surface area contributed by atoms with Crippen molar-refractivity contribution in [2.24, 2.45) is 0 Å². The number of nitro groups is 1. The van der Waals surface area contributed by atoms with Gasteiger partial charge in [-0.3, -0.25) is 10.1 Å². The van der Waals surface area contributed by atoms with Crippen LogP contribution in [-0.4, -0.2) is 17.6 Å². The Morgan fingerprint density at radius 1 is 1.33 bits per heavy atom. The summed E-state index contributed by atoms with van der Waals surface area (Å²) in [6, 6.07) is 4.28. The molecule has 1 aromatic rings. The van der Waals surface area contributed by atoms with Crippen molar-refractivity contribution in [2.75, 3.05) is 6.54 Å². The van der Waals surface area contributed by atoms with Crippen LogP contribution in [0.15, 0.2) is 22.7 Å². The van der Waals surface area contributed by atoms with Crippen LogP contribution in [0.2, 0.25) is 0 Å². The minimum Gasteiger partial charge on any atom is -0.312 e. The third kappa shape index (κ3) is 5.46. The van der Waals surface area contributed by atoms with Gasteiger partial charge in [-0.15, -0.1) is 0 Å². The number of rotatable bonds is 5. The van der Waals surface area contributed by atoms with Gasteiger partial charge in [0.05, 0.1) is 11.3 Å². The molecule has 8 heteroatoms. The highest BCUT2D eigenvalue weighted by atomic mass is 79.9. The molecule has 18 heavy (non-hydrogen) atoms. The van der Waals surface area contributed by atoms with Gasteiger partial charge in [-0.05, 0) is 11.6 Å². The van der Waals surface area contributed by atoms with E-state index in [1.807, 2.05) is 0 Å². The summed E-state index contributed by atoms with van der Waals surface area (Å²) < 4.78 is 36.2. The number of nitrogens with zero attached hydrogens (tertiary/aromatic N) is 1. The molecule has 0 atom stereocenters. The fraction of sp³-hybridized carbons (Fsp3) is 0.400. The molecule has 0 fully saturated rings. The van der Waals surface area contributed by atoms with Gasteiger partial charge in [0.1, 0.15) is 0 Å². The van der Waals surface area contributed by atoms with Crippen LogP contribution in [0.5, 0.6) is 0 Å². The smallest absolute Gasteiger partial charge is 0.312 e.